The number of carbonyl (C=O) groups is 1. The van der Waals surface area contributed by atoms with E-state index in [0.717, 1.165) is 21.7 Å². The first-order valence-electron chi connectivity index (χ1n) is 10.4. The number of aromatic nitrogens is 4. The summed E-state index contributed by atoms with van der Waals surface area (Å²) in [5, 5.41) is 14.1. The first kappa shape index (κ1) is 22.3. The molecule has 32 heavy (non-hydrogen) atoms. The molecule has 2 aromatic heterocycles. The molecule has 0 saturated heterocycles. The summed E-state index contributed by atoms with van der Waals surface area (Å²) in [6.45, 7) is 6.12. The summed E-state index contributed by atoms with van der Waals surface area (Å²) in [6.07, 6.45) is 0.699. The fourth-order valence-electron chi connectivity index (χ4n) is 3.45. The second kappa shape index (κ2) is 9.71. The molecule has 2 heterocycles. The summed E-state index contributed by atoms with van der Waals surface area (Å²) in [5.41, 5.74) is 5.28. The summed E-state index contributed by atoms with van der Waals surface area (Å²) in [7, 11) is 0. The van der Waals surface area contributed by atoms with Gasteiger partial charge in [-0.3, -0.25) is 0 Å². The third-order valence-electron chi connectivity index (χ3n) is 5.02. The second-order valence-corrected chi connectivity index (χ2v) is 8.72. The Morgan fingerprint density at radius 2 is 1.91 bits per heavy atom. The average Bonchev–Trinajstić information content (AvgIpc) is 3.17. The number of thioether (sulfide) groups is 1. The molecule has 0 N–H and O–H groups in total. The smallest absolute Gasteiger partial charge is 0.360 e. The van der Waals surface area contributed by atoms with Gasteiger partial charge in [0.15, 0.2) is 11.3 Å². The largest absolute Gasteiger partial charge is 0.461 e. The van der Waals surface area contributed by atoms with Gasteiger partial charge in [0, 0.05) is 15.7 Å². The van der Waals surface area contributed by atoms with E-state index in [2.05, 4.69) is 41.4 Å². The van der Waals surface area contributed by atoms with Gasteiger partial charge < -0.3 is 4.74 Å². The van der Waals surface area contributed by atoms with Crippen molar-refractivity contribution in [2.45, 2.75) is 37.8 Å². The van der Waals surface area contributed by atoms with E-state index in [1.165, 1.54) is 5.56 Å². The number of halogens is 1. The molecule has 0 aliphatic rings. The van der Waals surface area contributed by atoms with Gasteiger partial charge in [0.2, 0.25) is 0 Å². The monoisotopic (exact) mass is 466 g/mol. The molecular weight excluding hydrogens is 444 g/mol. The molecule has 2 aromatic carbocycles. The van der Waals surface area contributed by atoms with Crippen molar-refractivity contribution in [2.24, 2.45) is 0 Å². The Bertz CT molecular complexity index is 1270. The normalized spacial score (nSPS) is 11.1. The van der Waals surface area contributed by atoms with Crippen molar-refractivity contribution in [3.63, 3.8) is 0 Å². The summed E-state index contributed by atoms with van der Waals surface area (Å²) < 4.78 is 6.97. The number of hydrogen-bond acceptors (Lipinski definition) is 6. The molecule has 0 spiro atoms. The Kier molecular flexibility index (Phi) is 6.77. The molecule has 0 fully saturated rings. The molecule has 0 radical (unpaired) electrons. The topological polar surface area (TPSA) is 69.4 Å². The Morgan fingerprint density at radius 1 is 1.12 bits per heavy atom. The Balaban J connectivity index is 1.86. The van der Waals surface area contributed by atoms with Crippen molar-refractivity contribution < 1.29 is 9.53 Å². The Labute approximate surface area is 196 Å². The van der Waals surface area contributed by atoms with E-state index in [-0.39, 0.29) is 12.3 Å². The molecular formula is C24H23ClN4O2S. The zero-order valence-corrected chi connectivity index (χ0v) is 19.7. The molecule has 0 amide bonds. The van der Waals surface area contributed by atoms with Crippen molar-refractivity contribution in [3.05, 3.63) is 76.2 Å². The van der Waals surface area contributed by atoms with E-state index in [1.54, 1.807) is 23.2 Å². The van der Waals surface area contributed by atoms with Crippen LogP contribution in [-0.4, -0.2) is 32.4 Å². The third kappa shape index (κ3) is 4.49. The fourth-order valence-corrected chi connectivity index (χ4v) is 4.53. The van der Waals surface area contributed by atoms with Gasteiger partial charge in [0.25, 0.3) is 0 Å². The summed E-state index contributed by atoms with van der Waals surface area (Å²) in [6, 6.07) is 15.8. The number of nitrogens with zero attached hydrogens (tertiary/aromatic N) is 4. The third-order valence-corrected chi connectivity index (χ3v) is 6.28. The zero-order chi connectivity index (χ0) is 22.7. The lowest BCUT2D eigenvalue weighted by Gasteiger charge is -2.10. The quantitative estimate of drug-likeness (QED) is 0.254. The standard InChI is InChI=1S/C24H23ClN4O2S/c1-4-19-21(16-7-6-8-17(25)13-16)23-27-26-22(24(30)31-5-2)20(29(23)28-19)14-32-18-11-9-15(3)10-12-18/h6-13H,4-5,14H2,1-3H3. The SMILES string of the molecule is CCOC(=O)c1nnc2c(-c3cccc(Cl)c3)c(CC)nn2c1CSc1ccc(C)cc1. The molecule has 4 rings (SSSR count). The molecule has 4 aromatic rings. The van der Waals surface area contributed by atoms with Gasteiger partial charge in [-0.25, -0.2) is 9.31 Å². The summed E-state index contributed by atoms with van der Waals surface area (Å²) in [5.74, 6) is -0.0115. The van der Waals surface area contributed by atoms with Gasteiger partial charge in [-0.2, -0.15) is 5.10 Å². The predicted molar refractivity (Wildman–Crippen MR) is 127 cm³/mol. The molecule has 0 aliphatic heterocycles. The highest BCUT2D eigenvalue weighted by atomic mass is 35.5. The average molecular weight is 467 g/mol. The highest BCUT2D eigenvalue weighted by Crippen LogP contribution is 2.32. The van der Waals surface area contributed by atoms with Crippen molar-refractivity contribution >= 4 is 35.0 Å². The highest BCUT2D eigenvalue weighted by molar-refractivity contribution is 7.98. The van der Waals surface area contributed by atoms with Crippen LogP contribution in [0.3, 0.4) is 0 Å². The molecule has 8 heteroatoms. The zero-order valence-electron chi connectivity index (χ0n) is 18.1. The first-order valence-corrected chi connectivity index (χ1v) is 11.8. The lowest BCUT2D eigenvalue weighted by Crippen LogP contribution is -2.16. The first-order chi connectivity index (χ1) is 15.5. The molecule has 0 aliphatic carbocycles. The number of esters is 1. The van der Waals surface area contributed by atoms with Crippen molar-refractivity contribution in [1.82, 2.24) is 19.8 Å². The van der Waals surface area contributed by atoms with Gasteiger partial charge in [-0.1, -0.05) is 48.4 Å². The number of ether oxygens (including phenoxy) is 1. The highest BCUT2D eigenvalue weighted by Gasteiger charge is 2.24. The maximum Gasteiger partial charge on any atom is 0.360 e. The van der Waals surface area contributed by atoms with Crippen LogP contribution < -0.4 is 0 Å². The molecule has 0 unspecified atom stereocenters. The molecule has 0 atom stereocenters. The number of carbonyl (C=O) groups excluding carboxylic acids is 1. The summed E-state index contributed by atoms with van der Waals surface area (Å²) >= 11 is 7.85. The van der Waals surface area contributed by atoms with Crippen molar-refractivity contribution in [3.8, 4) is 11.1 Å². The molecule has 164 valence electrons. The summed E-state index contributed by atoms with van der Waals surface area (Å²) in [4.78, 5) is 13.7. The number of rotatable bonds is 7. The minimum absolute atomic E-state index is 0.182. The Hall–Kier alpha value is -2.90. The number of hydrogen-bond donors (Lipinski definition) is 0. The van der Waals surface area contributed by atoms with Crippen LogP contribution in [0, 0.1) is 6.92 Å². The van der Waals surface area contributed by atoms with Gasteiger partial charge in [0.1, 0.15) is 0 Å². The van der Waals surface area contributed by atoms with Crippen LogP contribution in [0.2, 0.25) is 5.02 Å². The number of fused-ring (bicyclic) bond motifs is 1. The van der Waals surface area contributed by atoms with Crippen LogP contribution in [0.25, 0.3) is 16.8 Å². The minimum Gasteiger partial charge on any atom is -0.461 e. The van der Waals surface area contributed by atoms with Crippen molar-refractivity contribution in [1.29, 1.82) is 0 Å². The number of benzene rings is 2. The van der Waals surface area contributed by atoms with Crippen LogP contribution in [0.5, 0.6) is 0 Å². The molecule has 0 bridgehead atoms. The van der Waals surface area contributed by atoms with Crippen LogP contribution in [0.15, 0.2) is 53.4 Å². The van der Waals surface area contributed by atoms with Gasteiger partial charge in [-0.15, -0.1) is 22.0 Å². The lowest BCUT2D eigenvalue weighted by atomic mass is 10.0. The Morgan fingerprint density at radius 3 is 2.59 bits per heavy atom. The van der Waals surface area contributed by atoms with E-state index in [0.29, 0.717) is 28.5 Å². The maximum atomic E-state index is 12.6. The van der Waals surface area contributed by atoms with Crippen LogP contribution in [0.1, 0.15) is 41.3 Å². The van der Waals surface area contributed by atoms with E-state index in [4.69, 9.17) is 21.4 Å². The van der Waals surface area contributed by atoms with E-state index < -0.39 is 5.97 Å². The van der Waals surface area contributed by atoms with Crippen LogP contribution in [-0.2, 0) is 16.9 Å². The van der Waals surface area contributed by atoms with Gasteiger partial charge in [-0.05, 0) is 50.1 Å². The minimum atomic E-state index is -0.501. The van der Waals surface area contributed by atoms with E-state index in [9.17, 15) is 4.79 Å². The predicted octanol–water partition coefficient (Wildman–Crippen LogP) is 5.78. The van der Waals surface area contributed by atoms with Crippen LogP contribution in [0.4, 0.5) is 0 Å². The number of aryl methyl sites for hydroxylation is 2. The molecule has 6 nitrogen and oxygen atoms in total. The van der Waals surface area contributed by atoms with Crippen LogP contribution >= 0.6 is 23.4 Å². The maximum absolute atomic E-state index is 12.6. The van der Waals surface area contributed by atoms with Gasteiger partial charge >= 0.3 is 5.97 Å². The van der Waals surface area contributed by atoms with Crippen molar-refractivity contribution in [2.75, 3.05) is 6.61 Å². The van der Waals surface area contributed by atoms with Gasteiger partial charge in [0.05, 0.1) is 23.6 Å². The lowest BCUT2D eigenvalue weighted by molar-refractivity contribution is 0.0516. The molecule has 0 saturated carbocycles. The van der Waals surface area contributed by atoms with E-state index in [1.807, 2.05) is 31.2 Å². The fraction of sp³-hybridized carbons (Fsp3) is 0.250. The van der Waals surface area contributed by atoms with E-state index >= 15 is 0 Å². The second-order valence-electron chi connectivity index (χ2n) is 7.24.